The maximum Gasteiger partial charge on any atom is 0.509 e. The molecule has 0 radical (unpaired) electrons. The van der Waals surface area contributed by atoms with Gasteiger partial charge in [0.15, 0.2) is 4.11 Å². The third kappa shape index (κ3) is 5.87. The van der Waals surface area contributed by atoms with Crippen LogP contribution in [0.4, 0.5) is 4.79 Å². The average molecular weight is 256 g/mol. The molecular formula is C6H9IO3. The van der Waals surface area contributed by atoms with Gasteiger partial charge in [0, 0.05) is 0 Å². The summed E-state index contributed by atoms with van der Waals surface area (Å²) in [4.78, 5) is 10.5. The van der Waals surface area contributed by atoms with Crippen molar-refractivity contribution in [3.8, 4) is 0 Å². The lowest BCUT2D eigenvalue weighted by Gasteiger charge is -2.04. The Balaban J connectivity index is 3.34. The van der Waals surface area contributed by atoms with Gasteiger partial charge in [-0.15, -0.1) is 0 Å². The van der Waals surface area contributed by atoms with E-state index in [9.17, 15) is 4.79 Å². The van der Waals surface area contributed by atoms with Gasteiger partial charge in [-0.2, -0.15) is 0 Å². The van der Waals surface area contributed by atoms with Gasteiger partial charge in [0.2, 0.25) is 0 Å². The Labute approximate surface area is 73.5 Å². The summed E-state index contributed by atoms with van der Waals surface area (Å²) in [7, 11) is 0. The summed E-state index contributed by atoms with van der Waals surface area (Å²) in [6, 6.07) is 0. The molecule has 1 unspecified atom stereocenters. The van der Waals surface area contributed by atoms with E-state index in [-0.39, 0.29) is 10.7 Å². The minimum absolute atomic E-state index is 0.157. The zero-order chi connectivity index (χ0) is 7.98. The Morgan fingerprint density at radius 3 is 2.90 bits per heavy atom. The highest BCUT2D eigenvalue weighted by molar-refractivity contribution is 14.1. The first-order valence-corrected chi connectivity index (χ1v) is 3.99. The Morgan fingerprint density at radius 1 is 1.90 bits per heavy atom. The van der Waals surface area contributed by atoms with Crippen molar-refractivity contribution in [2.24, 2.45) is 0 Å². The molecule has 0 amide bonds. The molecule has 0 N–H and O–H groups in total. The van der Waals surface area contributed by atoms with Gasteiger partial charge in [0.25, 0.3) is 0 Å². The van der Waals surface area contributed by atoms with Gasteiger partial charge in [0.1, 0.15) is 6.61 Å². The van der Waals surface area contributed by atoms with Gasteiger partial charge >= 0.3 is 6.16 Å². The number of hydrogen-bond acceptors (Lipinski definition) is 3. The summed E-state index contributed by atoms with van der Waals surface area (Å²) in [5.74, 6) is 0. The Morgan fingerprint density at radius 2 is 2.50 bits per heavy atom. The monoisotopic (exact) mass is 256 g/mol. The molecule has 0 aliphatic heterocycles. The second kappa shape index (κ2) is 5.52. The molecule has 0 bridgehead atoms. The van der Waals surface area contributed by atoms with Crippen LogP contribution in [-0.4, -0.2) is 16.9 Å². The average Bonchev–Trinajstić information content (AvgIpc) is 1.82. The summed E-state index contributed by atoms with van der Waals surface area (Å²) < 4.78 is 8.99. The first-order valence-electron chi connectivity index (χ1n) is 2.75. The van der Waals surface area contributed by atoms with E-state index < -0.39 is 6.16 Å². The normalized spacial score (nSPS) is 11.8. The van der Waals surface area contributed by atoms with E-state index in [1.54, 1.807) is 6.92 Å². The van der Waals surface area contributed by atoms with Crippen molar-refractivity contribution in [2.75, 3.05) is 6.61 Å². The van der Waals surface area contributed by atoms with Crippen molar-refractivity contribution >= 4 is 28.7 Å². The number of carbonyl (C=O) groups is 1. The van der Waals surface area contributed by atoms with Crippen LogP contribution in [0.2, 0.25) is 0 Å². The highest BCUT2D eigenvalue weighted by Crippen LogP contribution is 2.01. The topological polar surface area (TPSA) is 35.5 Å². The van der Waals surface area contributed by atoms with Crippen molar-refractivity contribution in [3.05, 3.63) is 12.7 Å². The van der Waals surface area contributed by atoms with Crippen molar-refractivity contribution in [2.45, 2.75) is 11.0 Å². The lowest BCUT2D eigenvalue weighted by Crippen LogP contribution is -2.10. The predicted molar refractivity (Wildman–Crippen MR) is 46.1 cm³/mol. The maximum atomic E-state index is 10.5. The van der Waals surface area contributed by atoms with Crippen LogP contribution < -0.4 is 0 Å². The molecule has 0 aliphatic carbocycles. The number of alkyl halides is 1. The van der Waals surface area contributed by atoms with Gasteiger partial charge < -0.3 is 9.47 Å². The van der Waals surface area contributed by atoms with E-state index in [4.69, 9.17) is 0 Å². The van der Waals surface area contributed by atoms with Gasteiger partial charge in [-0.3, -0.25) is 0 Å². The van der Waals surface area contributed by atoms with Crippen molar-refractivity contribution < 1.29 is 14.3 Å². The largest absolute Gasteiger partial charge is 0.509 e. The molecular weight excluding hydrogens is 247 g/mol. The second-order valence-corrected chi connectivity index (χ2v) is 3.26. The van der Waals surface area contributed by atoms with Gasteiger partial charge in [-0.1, -0.05) is 12.7 Å². The van der Waals surface area contributed by atoms with Crippen LogP contribution in [0.25, 0.3) is 0 Å². The molecule has 0 spiro atoms. The molecule has 0 aromatic heterocycles. The van der Waals surface area contributed by atoms with E-state index in [1.165, 1.54) is 6.08 Å². The van der Waals surface area contributed by atoms with E-state index >= 15 is 0 Å². The Hall–Kier alpha value is -0.260. The fourth-order valence-electron chi connectivity index (χ4n) is 0.294. The zero-order valence-electron chi connectivity index (χ0n) is 5.67. The summed E-state index contributed by atoms with van der Waals surface area (Å²) >= 11 is 1.96. The van der Waals surface area contributed by atoms with E-state index in [0.717, 1.165) is 0 Å². The SMILES string of the molecule is C=CCOC(=O)OC(C)I. The van der Waals surface area contributed by atoms with Crippen LogP contribution in [0.1, 0.15) is 6.92 Å². The molecule has 3 nitrogen and oxygen atoms in total. The van der Waals surface area contributed by atoms with E-state index in [2.05, 4.69) is 16.1 Å². The molecule has 0 saturated carbocycles. The van der Waals surface area contributed by atoms with Crippen LogP contribution >= 0.6 is 22.6 Å². The fraction of sp³-hybridized carbons (Fsp3) is 0.500. The maximum absolute atomic E-state index is 10.5. The lowest BCUT2D eigenvalue weighted by molar-refractivity contribution is 0.0629. The van der Waals surface area contributed by atoms with Crippen LogP contribution in [0, 0.1) is 0 Å². The van der Waals surface area contributed by atoms with Gasteiger partial charge in [-0.25, -0.2) is 4.79 Å². The van der Waals surface area contributed by atoms with Gasteiger partial charge in [0.05, 0.1) is 0 Å². The fourth-order valence-corrected chi connectivity index (χ4v) is 0.501. The van der Waals surface area contributed by atoms with Gasteiger partial charge in [-0.05, 0) is 29.5 Å². The van der Waals surface area contributed by atoms with Crippen LogP contribution in [0.3, 0.4) is 0 Å². The number of halogens is 1. The first kappa shape index (κ1) is 9.74. The highest BCUT2D eigenvalue weighted by Gasteiger charge is 2.04. The quantitative estimate of drug-likeness (QED) is 0.336. The van der Waals surface area contributed by atoms with E-state index in [0.29, 0.717) is 0 Å². The third-order valence-corrected chi connectivity index (χ3v) is 0.832. The highest BCUT2D eigenvalue weighted by atomic mass is 127. The molecule has 0 heterocycles. The number of rotatable bonds is 3. The third-order valence-electron chi connectivity index (χ3n) is 0.578. The molecule has 0 rings (SSSR count). The second-order valence-electron chi connectivity index (χ2n) is 1.51. The first-order chi connectivity index (χ1) is 4.66. The summed E-state index contributed by atoms with van der Waals surface area (Å²) in [6.07, 6.45) is 0.834. The summed E-state index contributed by atoms with van der Waals surface area (Å²) in [5.41, 5.74) is 0. The minimum atomic E-state index is -0.651. The Bertz CT molecular complexity index is 122. The standard InChI is InChI=1S/C6H9IO3/c1-3-4-9-6(8)10-5(2)7/h3,5H,1,4H2,2H3. The van der Waals surface area contributed by atoms with Crippen molar-refractivity contribution in [1.82, 2.24) is 0 Å². The zero-order valence-corrected chi connectivity index (χ0v) is 7.83. The number of hydrogen-bond donors (Lipinski definition) is 0. The summed E-state index contributed by atoms with van der Waals surface area (Å²) in [5, 5.41) is 0. The molecule has 58 valence electrons. The molecule has 0 aromatic rings. The van der Waals surface area contributed by atoms with Crippen molar-refractivity contribution in [3.63, 3.8) is 0 Å². The van der Waals surface area contributed by atoms with Crippen LogP contribution in [0.5, 0.6) is 0 Å². The molecule has 0 aromatic carbocycles. The summed E-state index contributed by atoms with van der Waals surface area (Å²) in [6.45, 7) is 5.32. The molecule has 0 aliphatic rings. The molecule has 0 fully saturated rings. The van der Waals surface area contributed by atoms with Crippen LogP contribution in [-0.2, 0) is 9.47 Å². The van der Waals surface area contributed by atoms with Crippen LogP contribution in [0.15, 0.2) is 12.7 Å². The smallest absolute Gasteiger partial charge is 0.430 e. The molecule has 10 heavy (non-hydrogen) atoms. The lowest BCUT2D eigenvalue weighted by atomic mass is 10.7. The van der Waals surface area contributed by atoms with Crippen molar-refractivity contribution in [1.29, 1.82) is 0 Å². The molecule has 4 heteroatoms. The number of ether oxygens (including phenoxy) is 2. The Kier molecular flexibility index (Phi) is 5.38. The number of carbonyl (C=O) groups excluding carboxylic acids is 1. The van der Waals surface area contributed by atoms with E-state index in [1.807, 2.05) is 22.6 Å². The molecule has 1 atom stereocenters. The predicted octanol–water partition coefficient (Wildman–Crippen LogP) is 2.11. The minimum Gasteiger partial charge on any atom is -0.430 e. The molecule has 0 saturated heterocycles.